The van der Waals surface area contributed by atoms with Crippen molar-refractivity contribution < 1.29 is 27.5 Å². The van der Waals surface area contributed by atoms with Crippen LogP contribution < -0.4 is 4.90 Å². The van der Waals surface area contributed by atoms with Gasteiger partial charge in [-0.05, 0) is 31.5 Å². The second kappa shape index (κ2) is 6.33. The van der Waals surface area contributed by atoms with Gasteiger partial charge < -0.3 is 9.64 Å². The summed E-state index contributed by atoms with van der Waals surface area (Å²) in [6, 6.07) is 6.98. The highest BCUT2D eigenvalue weighted by Gasteiger charge is 2.55. The molecule has 3 rings (SSSR count). The van der Waals surface area contributed by atoms with Crippen molar-refractivity contribution in [2.75, 3.05) is 37.7 Å². The number of fused-ring (bicyclic) bond motifs is 2. The molecule has 1 aromatic carbocycles. The van der Waals surface area contributed by atoms with Crippen LogP contribution in [-0.2, 0) is 19.7 Å². The first-order valence-electron chi connectivity index (χ1n) is 8.13. The maximum absolute atomic E-state index is 13.0. The van der Waals surface area contributed by atoms with Crippen molar-refractivity contribution in [2.24, 2.45) is 0 Å². The Morgan fingerprint density at radius 3 is 2.72 bits per heavy atom. The molecule has 2 aliphatic rings. The summed E-state index contributed by atoms with van der Waals surface area (Å²) >= 11 is 0. The predicted molar refractivity (Wildman–Crippen MR) is 84.2 cm³/mol. The monoisotopic (exact) mass is 356 g/mol. The fraction of sp³-hybridized carbons (Fsp3) is 0.529. The van der Waals surface area contributed by atoms with Crippen LogP contribution in [0.5, 0.6) is 0 Å². The Balaban J connectivity index is 1.89. The molecular formula is C17H19F3N2O3. The van der Waals surface area contributed by atoms with Crippen molar-refractivity contribution in [1.82, 2.24) is 4.90 Å². The molecule has 8 heteroatoms. The number of amides is 1. The van der Waals surface area contributed by atoms with Crippen LogP contribution >= 0.6 is 0 Å². The van der Waals surface area contributed by atoms with Crippen molar-refractivity contribution in [2.45, 2.75) is 24.9 Å². The lowest BCUT2D eigenvalue weighted by Crippen LogP contribution is -2.45. The second-order valence-electron chi connectivity index (χ2n) is 6.37. The molecule has 136 valence electrons. The average molecular weight is 356 g/mol. The number of benzene rings is 1. The lowest BCUT2D eigenvalue weighted by Gasteiger charge is -2.24. The number of anilines is 1. The fourth-order valence-electron chi connectivity index (χ4n) is 3.76. The average Bonchev–Trinajstić information content (AvgIpc) is 3.03. The standard InChI is InChI=1S/C17H19F3N2O3/c1-2-25-14(23)9-22-13-6-4-3-5-12(13)16(15(22)24)7-8-21(10-16)11-17(18,19)20/h3-6H,2,7-11H2,1H3. The minimum absolute atomic E-state index is 0.00167. The van der Waals surface area contributed by atoms with Gasteiger partial charge in [-0.15, -0.1) is 0 Å². The van der Waals surface area contributed by atoms with E-state index in [-0.39, 0.29) is 32.1 Å². The summed E-state index contributed by atoms with van der Waals surface area (Å²) < 4.78 is 43.0. The Morgan fingerprint density at radius 1 is 1.32 bits per heavy atom. The number of likely N-dealkylation sites (tertiary alicyclic amines) is 1. The number of carbonyl (C=O) groups excluding carboxylic acids is 2. The van der Waals surface area contributed by atoms with E-state index in [1.807, 2.05) is 0 Å². The third-order valence-corrected chi connectivity index (χ3v) is 4.71. The smallest absolute Gasteiger partial charge is 0.401 e. The first-order valence-corrected chi connectivity index (χ1v) is 8.13. The SMILES string of the molecule is CCOC(=O)CN1C(=O)C2(CCN(CC(F)(F)F)C2)c2ccccc21. The summed E-state index contributed by atoms with van der Waals surface area (Å²) in [5.74, 6) is -0.862. The van der Waals surface area contributed by atoms with Crippen LogP contribution in [0.25, 0.3) is 0 Å². The van der Waals surface area contributed by atoms with Gasteiger partial charge in [0.05, 0.1) is 18.6 Å². The lowest BCUT2D eigenvalue weighted by atomic mass is 9.81. The van der Waals surface area contributed by atoms with Crippen LogP contribution in [0, 0.1) is 0 Å². The summed E-state index contributed by atoms with van der Waals surface area (Å²) in [6.07, 6.45) is -4.00. The summed E-state index contributed by atoms with van der Waals surface area (Å²) in [5, 5.41) is 0. The van der Waals surface area contributed by atoms with E-state index in [2.05, 4.69) is 0 Å². The summed E-state index contributed by atoms with van der Waals surface area (Å²) in [6.45, 7) is 0.791. The number of ether oxygens (including phenoxy) is 1. The molecule has 0 bridgehead atoms. The van der Waals surface area contributed by atoms with Crippen molar-refractivity contribution >= 4 is 17.6 Å². The van der Waals surface area contributed by atoms with E-state index in [0.29, 0.717) is 17.7 Å². The van der Waals surface area contributed by atoms with E-state index in [4.69, 9.17) is 4.74 Å². The van der Waals surface area contributed by atoms with Crippen LogP contribution in [0.3, 0.4) is 0 Å². The van der Waals surface area contributed by atoms with Crippen LogP contribution in [0.1, 0.15) is 18.9 Å². The van der Waals surface area contributed by atoms with Gasteiger partial charge in [0.2, 0.25) is 5.91 Å². The minimum Gasteiger partial charge on any atom is -0.465 e. The zero-order chi connectivity index (χ0) is 18.2. The maximum Gasteiger partial charge on any atom is 0.401 e. The maximum atomic E-state index is 13.0. The molecule has 1 unspecified atom stereocenters. The molecule has 0 aliphatic carbocycles. The number of alkyl halides is 3. The number of hydrogen-bond acceptors (Lipinski definition) is 4. The Kier molecular flexibility index (Phi) is 4.49. The van der Waals surface area contributed by atoms with Gasteiger partial charge in [-0.1, -0.05) is 18.2 Å². The zero-order valence-corrected chi connectivity index (χ0v) is 13.8. The molecule has 1 aromatic rings. The van der Waals surface area contributed by atoms with Gasteiger partial charge in [0.25, 0.3) is 0 Å². The molecule has 1 atom stereocenters. The van der Waals surface area contributed by atoms with Crippen LogP contribution in [0.2, 0.25) is 0 Å². The normalized spacial score (nSPS) is 23.4. The highest BCUT2D eigenvalue weighted by Crippen LogP contribution is 2.47. The van der Waals surface area contributed by atoms with Crippen molar-refractivity contribution in [3.05, 3.63) is 29.8 Å². The first kappa shape index (κ1) is 17.7. The molecule has 1 spiro atoms. The van der Waals surface area contributed by atoms with Crippen molar-refractivity contribution in [3.8, 4) is 0 Å². The third-order valence-electron chi connectivity index (χ3n) is 4.71. The molecule has 25 heavy (non-hydrogen) atoms. The van der Waals surface area contributed by atoms with Crippen LogP contribution in [0.15, 0.2) is 24.3 Å². The Bertz CT molecular complexity index is 692. The summed E-state index contributed by atoms with van der Waals surface area (Å²) in [7, 11) is 0. The Labute approximate surface area is 143 Å². The summed E-state index contributed by atoms with van der Waals surface area (Å²) in [4.78, 5) is 27.5. The van der Waals surface area contributed by atoms with E-state index in [9.17, 15) is 22.8 Å². The first-order chi connectivity index (χ1) is 11.8. The molecule has 0 radical (unpaired) electrons. The number of carbonyl (C=O) groups is 2. The molecule has 1 saturated heterocycles. The van der Waals surface area contributed by atoms with Gasteiger partial charge in [-0.2, -0.15) is 13.2 Å². The second-order valence-corrected chi connectivity index (χ2v) is 6.37. The van der Waals surface area contributed by atoms with E-state index >= 15 is 0 Å². The lowest BCUT2D eigenvalue weighted by molar-refractivity contribution is -0.144. The van der Waals surface area contributed by atoms with Gasteiger partial charge in [-0.3, -0.25) is 14.5 Å². The molecule has 5 nitrogen and oxygen atoms in total. The Morgan fingerprint density at radius 2 is 2.04 bits per heavy atom. The highest BCUT2D eigenvalue weighted by atomic mass is 19.4. The molecule has 2 heterocycles. The third kappa shape index (κ3) is 3.22. The van der Waals surface area contributed by atoms with Crippen molar-refractivity contribution in [1.29, 1.82) is 0 Å². The highest BCUT2D eigenvalue weighted by molar-refractivity contribution is 6.10. The van der Waals surface area contributed by atoms with E-state index in [1.54, 1.807) is 31.2 Å². The van der Waals surface area contributed by atoms with Gasteiger partial charge >= 0.3 is 12.1 Å². The van der Waals surface area contributed by atoms with E-state index in [1.165, 1.54) is 9.80 Å². The van der Waals surface area contributed by atoms with Crippen LogP contribution in [-0.4, -0.2) is 55.7 Å². The minimum atomic E-state index is -4.31. The van der Waals surface area contributed by atoms with E-state index in [0.717, 1.165) is 0 Å². The molecule has 1 fully saturated rings. The van der Waals surface area contributed by atoms with E-state index < -0.39 is 24.1 Å². The molecule has 0 saturated carbocycles. The van der Waals surface area contributed by atoms with Gasteiger partial charge in [-0.25, -0.2) is 0 Å². The van der Waals surface area contributed by atoms with Crippen LogP contribution in [0.4, 0.5) is 18.9 Å². The summed E-state index contributed by atoms with van der Waals surface area (Å²) in [5.41, 5.74) is 0.248. The van der Waals surface area contributed by atoms with Gasteiger partial charge in [0.15, 0.2) is 0 Å². The number of hydrogen-bond donors (Lipinski definition) is 0. The number of nitrogens with zero attached hydrogens (tertiary/aromatic N) is 2. The number of rotatable bonds is 4. The molecular weight excluding hydrogens is 337 g/mol. The zero-order valence-electron chi connectivity index (χ0n) is 13.8. The number of para-hydroxylation sites is 1. The van der Waals surface area contributed by atoms with Crippen molar-refractivity contribution in [3.63, 3.8) is 0 Å². The van der Waals surface area contributed by atoms with Gasteiger partial charge in [0, 0.05) is 12.2 Å². The molecule has 1 amide bonds. The predicted octanol–water partition coefficient (Wildman–Crippen LogP) is 2.10. The quantitative estimate of drug-likeness (QED) is 0.776. The van der Waals surface area contributed by atoms with Gasteiger partial charge in [0.1, 0.15) is 6.54 Å². The molecule has 0 N–H and O–H groups in total. The molecule has 0 aromatic heterocycles. The molecule has 2 aliphatic heterocycles. The topological polar surface area (TPSA) is 49.9 Å². The number of halogens is 3. The largest absolute Gasteiger partial charge is 0.465 e. The Hall–Kier alpha value is -2.09. The fourth-order valence-corrected chi connectivity index (χ4v) is 3.76. The number of esters is 1.